The zero-order chi connectivity index (χ0) is 81.7. The molecule has 112 heavy (non-hydrogen) atoms. The van der Waals surface area contributed by atoms with Crippen LogP contribution in [-0.2, 0) is 65.4 Å². The highest BCUT2D eigenvalue weighted by Crippen LogP contribution is 2.45. The van der Waals surface area contributed by atoms with Crippen molar-refractivity contribution in [3.8, 4) is 0 Å². The van der Waals surface area contributed by atoms with E-state index < -0.39 is 97.5 Å². The first-order valence-corrected chi connectivity index (χ1v) is 45.3. The molecule has 0 radical (unpaired) electrons. The van der Waals surface area contributed by atoms with Gasteiger partial charge in [0.05, 0.1) is 26.4 Å². The van der Waals surface area contributed by atoms with E-state index in [2.05, 4.69) is 198 Å². The Bertz CT molecular complexity index is 2940. The van der Waals surface area contributed by atoms with Crippen LogP contribution in [-0.4, -0.2) is 96.7 Å². The van der Waals surface area contributed by atoms with Gasteiger partial charge < -0.3 is 33.8 Å². The van der Waals surface area contributed by atoms with E-state index in [1.807, 2.05) is 36.5 Å². The summed E-state index contributed by atoms with van der Waals surface area (Å²) in [6.07, 6.45) is 104. The summed E-state index contributed by atoms with van der Waals surface area (Å²) in [5.41, 5.74) is 0. The number of carbonyl (C=O) groups excluding carboxylic acids is 4. The fourth-order valence-corrected chi connectivity index (χ4v) is 12.0. The van der Waals surface area contributed by atoms with E-state index >= 15 is 0 Å². The summed E-state index contributed by atoms with van der Waals surface area (Å²) in [6, 6.07) is 0. The van der Waals surface area contributed by atoms with Crippen LogP contribution < -0.4 is 0 Å². The van der Waals surface area contributed by atoms with E-state index in [4.69, 9.17) is 37.0 Å². The van der Waals surface area contributed by atoms with E-state index in [0.717, 1.165) is 167 Å². The zero-order valence-electron chi connectivity index (χ0n) is 69.3. The molecular formula is C93H148O17P2. The third kappa shape index (κ3) is 81.6. The topological polar surface area (TPSA) is 237 Å². The molecule has 0 spiro atoms. The molecule has 0 aliphatic carbocycles. The lowest BCUT2D eigenvalue weighted by Crippen LogP contribution is -2.30. The quantitative estimate of drug-likeness (QED) is 0.0169. The van der Waals surface area contributed by atoms with Gasteiger partial charge >= 0.3 is 39.5 Å². The van der Waals surface area contributed by atoms with Gasteiger partial charge in [0, 0.05) is 25.7 Å². The van der Waals surface area contributed by atoms with Crippen LogP contribution in [0.3, 0.4) is 0 Å². The third-order valence-electron chi connectivity index (χ3n) is 16.8. The average Bonchev–Trinajstić information content (AvgIpc) is 0.898. The Morgan fingerprint density at radius 3 is 0.795 bits per heavy atom. The van der Waals surface area contributed by atoms with Crippen LogP contribution in [0, 0.1) is 0 Å². The molecule has 0 aliphatic rings. The van der Waals surface area contributed by atoms with Crippen molar-refractivity contribution in [1.29, 1.82) is 0 Å². The molecule has 0 amide bonds. The highest BCUT2D eigenvalue weighted by atomic mass is 31.2. The molecule has 0 fully saturated rings. The van der Waals surface area contributed by atoms with E-state index in [-0.39, 0.29) is 25.7 Å². The number of esters is 4. The van der Waals surface area contributed by atoms with Crippen molar-refractivity contribution in [1.82, 2.24) is 0 Å². The molecule has 5 unspecified atom stereocenters. The van der Waals surface area contributed by atoms with Gasteiger partial charge in [0.2, 0.25) is 0 Å². The summed E-state index contributed by atoms with van der Waals surface area (Å²) in [5.74, 6) is -2.41. The van der Waals surface area contributed by atoms with Crippen LogP contribution in [0.25, 0.3) is 0 Å². The van der Waals surface area contributed by atoms with Crippen molar-refractivity contribution in [3.63, 3.8) is 0 Å². The van der Waals surface area contributed by atoms with Gasteiger partial charge in [-0.05, 0) is 167 Å². The van der Waals surface area contributed by atoms with Gasteiger partial charge in [0.15, 0.2) is 12.2 Å². The van der Waals surface area contributed by atoms with Crippen molar-refractivity contribution in [2.45, 2.75) is 316 Å². The number of unbranched alkanes of at least 4 members (excludes halogenated alkanes) is 17. The van der Waals surface area contributed by atoms with Gasteiger partial charge in [0.25, 0.3) is 0 Å². The smallest absolute Gasteiger partial charge is 0.462 e. The Hall–Kier alpha value is -6.36. The van der Waals surface area contributed by atoms with Crippen LogP contribution in [0.4, 0.5) is 0 Å². The Labute approximate surface area is 678 Å². The molecule has 0 saturated heterocycles. The molecule has 0 aromatic heterocycles. The summed E-state index contributed by atoms with van der Waals surface area (Å²) in [5, 5.41) is 10.7. The van der Waals surface area contributed by atoms with Gasteiger partial charge in [-0.1, -0.05) is 311 Å². The van der Waals surface area contributed by atoms with Crippen molar-refractivity contribution in [2.24, 2.45) is 0 Å². The number of phosphoric ester groups is 2. The van der Waals surface area contributed by atoms with Gasteiger partial charge in [-0.3, -0.25) is 37.3 Å². The minimum absolute atomic E-state index is 0.0115. The van der Waals surface area contributed by atoms with Crippen molar-refractivity contribution >= 4 is 39.5 Å². The Kier molecular flexibility index (Phi) is 77.9. The highest BCUT2D eigenvalue weighted by molar-refractivity contribution is 7.47. The van der Waals surface area contributed by atoms with Crippen LogP contribution in [0.1, 0.15) is 297 Å². The first-order chi connectivity index (χ1) is 54.7. The number of hydrogen-bond donors (Lipinski definition) is 3. The fourth-order valence-electron chi connectivity index (χ4n) is 10.4. The van der Waals surface area contributed by atoms with E-state index in [1.54, 1.807) is 0 Å². The second-order valence-electron chi connectivity index (χ2n) is 27.3. The largest absolute Gasteiger partial charge is 0.472 e. The third-order valence-corrected chi connectivity index (χ3v) is 18.7. The molecule has 0 rings (SSSR count). The maximum atomic E-state index is 13.1. The van der Waals surface area contributed by atoms with Crippen LogP contribution in [0.5, 0.6) is 0 Å². The molecule has 0 aromatic carbocycles. The van der Waals surface area contributed by atoms with Gasteiger partial charge in [-0.25, -0.2) is 9.13 Å². The summed E-state index contributed by atoms with van der Waals surface area (Å²) in [6.45, 7) is 4.32. The van der Waals surface area contributed by atoms with Gasteiger partial charge in [-0.15, -0.1) is 0 Å². The van der Waals surface area contributed by atoms with Crippen LogP contribution in [0.2, 0.25) is 0 Å². The lowest BCUT2D eigenvalue weighted by Gasteiger charge is -2.21. The van der Waals surface area contributed by atoms with Crippen LogP contribution in [0.15, 0.2) is 207 Å². The van der Waals surface area contributed by atoms with Gasteiger partial charge in [-0.2, -0.15) is 0 Å². The van der Waals surface area contributed by atoms with Crippen molar-refractivity contribution in [3.05, 3.63) is 207 Å². The molecule has 0 saturated carbocycles. The summed E-state index contributed by atoms with van der Waals surface area (Å²) in [4.78, 5) is 73.2. The number of hydrogen-bond acceptors (Lipinski definition) is 15. The molecular weight excluding hydrogens is 1450 g/mol. The first kappa shape index (κ1) is 106. The number of aliphatic hydroxyl groups excluding tert-OH is 1. The van der Waals surface area contributed by atoms with E-state index in [0.29, 0.717) is 38.5 Å². The number of phosphoric acid groups is 2. The molecule has 0 aromatic rings. The number of allylic oxidation sites excluding steroid dienone is 34. The molecule has 3 N–H and O–H groups in total. The maximum Gasteiger partial charge on any atom is 0.472 e. The van der Waals surface area contributed by atoms with Gasteiger partial charge in [0.1, 0.15) is 19.3 Å². The molecule has 19 heteroatoms. The first-order valence-electron chi connectivity index (χ1n) is 42.3. The normalized spacial score (nSPS) is 14.8. The number of ether oxygens (including phenoxy) is 4. The Morgan fingerprint density at radius 1 is 0.259 bits per heavy atom. The summed E-state index contributed by atoms with van der Waals surface area (Å²) in [7, 11) is -10.0. The Morgan fingerprint density at radius 2 is 0.482 bits per heavy atom. The second-order valence-corrected chi connectivity index (χ2v) is 30.2. The molecule has 5 atom stereocenters. The highest BCUT2D eigenvalue weighted by Gasteiger charge is 2.30. The molecule has 17 nitrogen and oxygen atoms in total. The second kappa shape index (κ2) is 82.6. The lowest BCUT2D eigenvalue weighted by atomic mass is 10.1. The summed E-state index contributed by atoms with van der Waals surface area (Å²) < 4.78 is 68.6. The predicted molar refractivity (Wildman–Crippen MR) is 463 cm³/mol. The van der Waals surface area contributed by atoms with E-state index in [1.165, 1.54) is 38.5 Å². The lowest BCUT2D eigenvalue weighted by molar-refractivity contribution is -0.161. The standard InChI is InChI=1S/C93H148O17P2/c1-5-9-13-17-21-25-29-33-37-40-43-46-50-53-57-61-65-69-73-77-90(95)103-83-88(109-92(97)79-75-71-67-63-59-55-49-36-32-28-24-20-16-12-8-4)85-107-111(99,100)105-81-87(94)82-106-112(101,102)108-86-89(110-93(98)80-76-72-68-64-60-56-52-48-45-42-39-35-31-27-23-19-15-11-7-3)84-104-91(96)78-74-70-66-62-58-54-51-47-44-41-38-34-30-26-22-18-14-10-6-2/h9-11,13-15,21-23,25-27,33-39,43-49,54,56,58,60,66,68,70,72,87-89,94H,5-8,12,16-20,24,28-32,40-42,50-53,55,57,59,61-65,67,69,71,73-86H2,1-4H3,(H,99,100)(H,101,102)/b13-9-,14-10-,15-11-,25-21-,26-22-,27-23-,37-33-,38-34-,39-35-,46-43-,47-44-,48-45-,49-36-,58-54-,60-56-,70-66-,72-68-. The predicted octanol–water partition coefficient (Wildman–Crippen LogP) is 25.4. The van der Waals surface area contributed by atoms with Crippen molar-refractivity contribution < 1.29 is 80.2 Å². The SMILES string of the molecule is CC/C=C\C/C=C\C/C=C\C/C=C\C/C=C\C/C=C\CCC(=O)OCC(COP(=O)(O)OCC(O)COP(=O)(O)OCC(COC(=O)CCCCCCCC/C=C\C/C=C\C/C=C\C/C=C\CC)OC(=O)CCCCCCC/C=C\CCCCCCCC)OC(=O)CC/C=C\C/C=C\C/C=C\C/C=C\C/C=C\C/C=C\CC. The van der Waals surface area contributed by atoms with Crippen LogP contribution >= 0.6 is 15.6 Å². The fraction of sp³-hybridized carbons (Fsp3) is 0.591. The average molecular weight is 1600 g/mol. The minimum Gasteiger partial charge on any atom is -0.462 e. The Balaban J connectivity index is 5.55. The molecule has 0 bridgehead atoms. The monoisotopic (exact) mass is 1600 g/mol. The molecule has 0 heterocycles. The summed E-state index contributed by atoms with van der Waals surface area (Å²) >= 11 is 0. The number of aliphatic hydroxyl groups is 1. The van der Waals surface area contributed by atoms with E-state index in [9.17, 15) is 43.2 Å². The zero-order valence-corrected chi connectivity index (χ0v) is 71.0. The minimum atomic E-state index is -5.03. The van der Waals surface area contributed by atoms with Crippen molar-refractivity contribution in [2.75, 3.05) is 39.6 Å². The maximum absolute atomic E-state index is 13.1. The molecule has 0 aliphatic heterocycles. The number of rotatable bonds is 77. The number of carbonyl (C=O) groups is 4. The molecule has 632 valence electrons.